The first kappa shape index (κ1) is 14.8. The highest BCUT2D eigenvalue weighted by molar-refractivity contribution is 4.96. The second-order valence-corrected chi connectivity index (χ2v) is 8.16. The molecule has 3 fully saturated rings. The molecular formula is C17H32N2O. The summed E-state index contributed by atoms with van der Waals surface area (Å²) in [5.41, 5.74) is 0.0991. The number of piperazine rings is 1. The van der Waals surface area contributed by atoms with E-state index in [2.05, 4.69) is 37.9 Å². The maximum Gasteiger partial charge on any atom is 0.0710 e. The summed E-state index contributed by atoms with van der Waals surface area (Å²) < 4.78 is 6.23. The van der Waals surface area contributed by atoms with Crippen LogP contribution in [-0.2, 0) is 4.74 Å². The van der Waals surface area contributed by atoms with Gasteiger partial charge in [-0.3, -0.25) is 4.90 Å². The largest absolute Gasteiger partial charge is 0.371 e. The summed E-state index contributed by atoms with van der Waals surface area (Å²) in [7, 11) is 0. The van der Waals surface area contributed by atoms with E-state index in [4.69, 9.17) is 4.74 Å². The third-order valence-electron chi connectivity index (χ3n) is 5.44. The van der Waals surface area contributed by atoms with Gasteiger partial charge in [0.05, 0.1) is 11.7 Å². The highest BCUT2D eigenvalue weighted by Crippen LogP contribution is 2.36. The molecule has 1 aliphatic carbocycles. The van der Waals surface area contributed by atoms with Crippen molar-refractivity contribution >= 4 is 0 Å². The van der Waals surface area contributed by atoms with Crippen molar-refractivity contribution in [1.29, 1.82) is 0 Å². The van der Waals surface area contributed by atoms with Crippen LogP contribution in [0.15, 0.2) is 0 Å². The molecule has 3 rings (SSSR count). The van der Waals surface area contributed by atoms with Crippen LogP contribution >= 0.6 is 0 Å². The smallest absolute Gasteiger partial charge is 0.0710 e. The number of rotatable bonds is 4. The molecule has 3 heteroatoms. The van der Waals surface area contributed by atoms with Crippen molar-refractivity contribution < 1.29 is 4.74 Å². The van der Waals surface area contributed by atoms with Gasteiger partial charge >= 0.3 is 0 Å². The van der Waals surface area contributed by atoms with E-state index >= 15 is 0 Å². The molecule has 3 atom stereocenters. The first-order chi connectivity index (χ1) is 9.44. The van der Waals surface area contributed by atoms with E-state index in [1.165, 1.54) is 32.2 Å². The van der Waals surface area contributed by atoms with Gasteiger partial charge in [0.15, 0.2) is 0 Å². The van der Waals surface area contributed by atoms with E-state index in [9.17, 15) is 0 Å². The lowest BCUT2D eigenvalue weighted by atomic mass is 9.96. The van der Waals surface area contributed by atoms with E-state index in [1.807, 2.05) is 0 Å². The minimum Gasteiger partial charge on any atom is -0.371 e. The molecule has 0 radical (unpaired) electrons. The van der Waals surface area contributed by atoms with Crippen molar-refractivity contribution in [3.8, 4) is 0 Å². The summed E-state index contributed by atoms with van der Waals surface area (Å²) in [5.74, 6) is 1.67. The first-order valence-corrected chi connectivity index (χ1v) is 8.60. The van der Waals surface area contributed by atoms with Crippen LogP contribution in [0.25, 0.3) is 0 Å². The van der Waals surface area contributed by atoms with Crippen LogP contribution in [0.3, 0.4) is 0 Å². The van der Waals surface area contributed by atoms with Crippen LogP contribution in [0, 0.1) is 11.8 Å². The molecule has 1 N–H and O–H groups in total. The molecule has 0 amide bonds. The summed E-state index contributed by atoms with van der Waals surface area (Å²) in [6.07, 6.45) is 5.76. The number of hydrogen-bond acceptors (Lipinski definition) is 3. The van der Waals surface area contributed by atoms with E-state index in [1.54, 1.807) is 0 Å². The Labute approximate surface area is 124 Å². The molecule has 0 aromatic carbocycles. The number of hydrogen-bond donors (Lipinski definition) is 1. The van der Waals surface area contributed by atoms with Gasteiger partial charge in [0, 0.05) is 31.7 Å². The predicted molar refractivity (Wildman–Crippen MR) is 82.9 cm³/mol. The SMILES string of the molecule is CC(C)C1CNC(C2CC2)CN1CC1CCC(C)(C)O1. The fraction of sp³-hybridized carbons (Fsp3) is 1.00. The highest BCUT2D eigenvalue weighted by atomic mass is 16.5. The first-order valence-electron chi connectivity index (χ1n) is 8.60. The molecule has 2 aliphatic heterocycles. The van der Waals surface area contributed by atoms with E-state index < -0.39 is 0 Å². The van der Waals surface area contributed by atoms with Crippen molar-refractivity contribution in [1.82, 2.24) is 10.2 Å². The normalized spacial score (nSPS) is 38.5. The van der Waals surface area contributed by atoms with Gasteiger partial charge in [-0.1, -0.05) is 13.8 Å². The summed E-state index contributed by atoms with van der Waals surface area (Å²) >= 11 is 0. The average Bonchev–Trinajstić information content (AvgIpc) is 3.15. The van der Waals surface area contributed by atoms with Gasteiger partial charge in [-0.05, 0) is 51.4 Å². The number of nitrogens with zero attached hydrogens (tertiary/aromatic N) is 1. The van der Waals surface area contributed by atoms with E-state index in [0.29, 0.717) is 12.1 Å². The highest BCUT2D eigenvalue weighted by Gasteiger charge is 2.40. The van der Waals surface area contributed by atoms with Crippen molar-refractivity contribution in [2.24, 2.45) is 11.8 Å². The van der Waals surface area contributed by atoms with Crippen molar-refractivity contribution in [2.45, 2.75) is 77.2 Å². The Kier molecular flexibility index (Phi) is 4.13. The fourth-order valence-electron chi connectivity index (χ4n) is 4.00. The molecule has 3 aliphatic rings. The maximum absolute atomic E-state index is 6.23. The third kappa shape index (κ3) is 3.37. The zero-order valence-electron chi connectivity index (χ0n) is 13.7. The Morgan fingerprint density at radius 1 is 1.25 bits per heavy atom. The van der Waals surface area contributed by atoms with Crippen LogP contribution < -0.4 is 5.32 Å². The Morgan fingerprint density at radius 3 is 2.55 bits per heavy atom. The zero-order valence-corrected chi connectivity index (χ0v) is 13.7. The van der Waals surface area contributed by atoms with Crippen LogP contribution in [-0.4, -0.2) is 48.3 Å². The van der Waals surface area contributed by atoms with Gasteiger partial charge < -0.3 is 10.1 Å². The molecule has 3 nitrogen and oxygen atoms in total. The molecule has 2 heterocycles. The van der Waals surface area contributed by atoms with Crippen LogP contribution in [0.1, 0.15) is 53.4 Å². The van der Waals surface area contributed by atoms with E-state index in [0.717, 1.165) is 31.0 Å². The van der Waals surface area contributed by atoms with Gasteiger partial charge in [0.2, 0.25) is 0 Å². The molecule has 2 saturated heterocycles. The maximum atomic E-state index is 6.23. The van der Waals surface area contributed by atoms with Gasteiger partial charge in [0.1, 0.15) is 0 Å². The zero-order chi connectivity index (χ0) is 14.3. The second-order valence-electron chi connectivity index (χ2n) is 8.16. The summed E-state index contributed by atoms with van der Waals surface area (Å²) in [4.78, 5) is 2.73. The minimum absolute atomic E-state index is 0.0991. The molecule has 116 valence electrons. The number of ether oxygens (including phenoxy) is 1. The van der Waals surface area contributed by atoms with Gasteiger partial charge in [-0.2, -0.15) is 0 Å². The van der Waals surface area contributed by atoms with Crippen molar-refractivity contribution in [3.05, 3.63) is 0 Å². The lowest BCUT2D eigenvalue weighted by molar-refractivity contribution is -0.0426. The predicted octanol–water partition coefficient (Wildman–Crippen LogP) is 2.65. The molecule has 20 heavy (non-hydrogen) atoms. The van der Waals surface area contributed by atoms with Crippen molar-refractivity contribution in [3.63, 3.8) is 0 Å². The second kappa shape index (κ2) is 5.58. The Bertz CT molecular complexity index is 338. The number of nitrogens with one attached hydrogen (secondary N) is 1. The Hall–Kier alpha value is -0.120. The average molecular weight is 280 g/mol. The van der Waals surface area contributed by atoms with Crippen LogP contribution in [0.4, 0.5) is 0 Å². The minimum atomic E-state index is 0.0991. The Balaban J connectivity index is 1.60. The van der Waals surface area contributed by atoms with E-state index in [-0.39, 0.29) is 5.60 Å². The van der Waals surface area contributed by atoms with Gasteiger partial charge in [-0.15, -0.1) is 0 Å². The molecule has 0 aromatic heterocycles. The molecule has 0 spiro atoms. The topological polar surface area (TPSA) is 24.5 Å². The fourth-order valence-corrected chi connectivity index (χ4v) is 4.00. The van der Waals surface area contributed by atoms with Gasteiger partial charge in [-0.25, -0.2) is 0 Å². The molecule has 3 unspecified atom stereocenters. The molecular weight excluding hydrogens is 248 g/mol. The quantitative estimate of drug-likeness (QED) is 0.857. The van der Waals surface area contributed by atoms with Crippen LogP contribution in [0.2, 0.25) is 0 Å². The van der Waals surface area contributed by atoms with Crippen LogP contribution in [0.5, 0.6) is 0 Å². The van der Waals surface area contributed by atoms with Gasteiger partial charge in [0.25, 0.3) is 0 Å². The summed E-state index contributed by atoms with van der Waals surface area (Å²) in [5, 5.41) is 3.80. The molecule has 0 bridgehead atoms. The summed E-state index contributed by atoms with van der Waals surface area (Å²) in [6, 6.07) is 1.41. The molecule has 0 aromatic rings. The standard InChI is InChI=1S/C17H32N2O/c1-12(2)16-9-18-15(13-5-6-13)11-19(16)10-14-7-8-17(3,4)20-14/h12-16,18H,5-11H2,1-4H3. The van der Waals surface area contributed by atoms with Crippen molar-refractivity contribution in [2.75, 3.05) is 19.6 Å². The third-order valence-corrected chi connectivity index (χ3v) is 5.44. The monoisotopic (exact) mass is 280 g/mol. The summed E-state index contributed by atoms with van der Waals surface area (Å²) in [6.45, 7) is 12.7. The lowest BCUT2D eigenvalue weighted by Gasteiger charge is -2.43. The lowest BCUT2D eigenvalue weighted by Crippen LogP contribution is -2.60. The Morgan fingerprint density at radius 2 is 2.00 bits per heavy atom. The molecule has 1 saturated carbocycles.